The van der Waals surface area contributed by atoms with Crippen molar-refractivity contribution in [3.05, 3.63) is 17.8 Å². The average molecular weight is 365 g/mol. The standard InChI is InChI=1S/C15H20N6OS2/c1-3-23-15-20-19-14(24-15)16-13(22)11-5-4-8-21(9-11)12-7-6-10(2)17-18-12/h6-7,11H,3-5,8-9H2,1-2H3,(H,16,19,22). The van der Waals surface area contributed by atoms with Crippen molar-refractivity contribution in [1.82, 2.24) is 20.4 Å². The molecular formula is C15H20N6OS2. The van der Waals surface area contributed by atoms with Gasteiger partial charge in [-0.1, -0.05) is 30.0 Å². The largest absolute Gasteiger partial charge is 0.354 e. The summed E-state index contributed by atoms with van der Waals surface area (Å²) in [6, 6.07) is 3.90. The molecule has 2 aromatic rings. The van der Waals surface area contributed by atoms with Crippen LogP contribution in [0.5, 0.6) is 0 Å². The van der Waals surface area contributed by atoms with E-state index in [1.807, 2.05) is 19.1 Å². The van der Waals surface area contributed by atoms with Crippen molar-refractivity contribution >= 4 is 40.0 Å². The number of piperidine rings is 1. The second kappa shape index (κ2) is 7.89. The third-order valence-corrected chi connectivity index (χ3v) is 5.66. The molecule has 1 saturated heterocycles. The molecule has 1 fully saturated rings. The maximum atomic E-state index is 12.5. The third kappa shape index (κ3) is 4.21. The molecule has 0 aromatic carbocycles. The Morgan fingerprint density at radius 3 is 3.00 bits per heavy atom. The number of anilines is 2. The van der Waals surface area contributed by atoms with Crippen molar-refractivity contribution in [2.75, 3.05) is 29.1 Å². The minimum atomic E-state index is -0.0759. The van der Waals surface area contributed by atoms with E-state index in [0.29, 0.717) is 11.7 Å². The average Bonchev–Trinajstić information content (AvgIpc) is 3.03. The van der Waals surface area contributed by atoms with E-state index in [2.05, 4.69) is 37.5 Å². The van der Waals surface area contributed by atoms with Crippen molar-refractivity contribution in [1.29, 1.82) is 0 Å². The molecule has 0 aliphatic carbocycles. The summed E-state index contributed by atoms with van der Waals surface area (Å²) >= 11 is 3.05. The van der Waals surface area contributed by atoms with E-state index >= 15 is 0 Å². The van der Waals surface area contributed by atoms with Gasteiger partial charge in [0.2, 0.25) is 11.0 Å². The fourth-order valence-electron chi connectivity index (χ4n) is 2.61. The summed E-state index contributed by atoms with van der Waals surface area (Å²) in [5.41, 5.74) is 0.891. The molecular weight excluding hydrogens is 344 g/mol. The molecule has 2 aromatic heterocycles. The van der Waals surface area contributed by atoms with Crippen molar-refractivity contribution in [2.45, 2.75) is 31.0 Å². The monoisotopic (exact) mass is 364 g/mol. The first-order valence-electron chi connectivity index (χ1n) is 7.98. The molecule has 7 nitrogen and oxygen atoms in total. The number of rotatable bonds is 5. The van der Waals surface area contributed by atoms with Crippen molar-refractivity contribution in [2.24, 2.45) is 5.92 Å². The molecule has 0 spiro atoms. The molecule has 3 heterocycles. The molecule has 1 N–H and O–H groups in total. The van der Waals surface area contributed by atoms with E-state index < -0.39 is 0 Å². The first kappa shape index (κ1) is 17.1. The van der Waals surface area contributed by atoms with Crippen molar-refractivity contribution in [3.8, 4) is 0 Å². The first-order chi connectivity index (χ1) is 11.7. The summed E-state index contributed by atoms with van der Waals surface area (Å²) in [7, 11) is 0. The van der Waals surface area contributed by atoms with Gasteiger partial charge in [0, 0.05) is 13.1 Å². The number of amides is 1. The quantitative estimate of drug-likeness (QED) is 0.645. The lowest BCUT2D eigenvalue weighted by atomic mass is 9.97. The summed E-state index contributed by atoms with van der Waals surface area (Å²) < 4.78 is 0.882. The number of aromatic nitrogens is 4. The summed E-state index contributed by atoms with van der Waals surface area (Å²) in [5, 5.41) is 19.9. The Morgan fingerprint density at radius 1 is 1.38 bits per heavy atom. The van der Waals surface area contributed by atoms with Crippen LogP contribution >= 0.6 is 23.1 Å². The lowest BCUT2D eigenvalue weighted by Crippen LogP contribution is -2.41. The van der Waals surface area contributed by atoms with Crippen LogP contribution in [0, 0.1) is 12.8 Å². The smallest absolute Gasteiger partial charge is 0.231 e. The second-order valence-electron chi connectivity index (χ2n) is 5.61. The van der Waals surface area contributed by atoms with Crippen LogP contribution in [0.3, 0.4) is 0 Å². The lowest BCUT2D eigenvalue weighted by molar-refractivity contribution is -0.120. The van der Waals surface area contributed by atoms with Crippen LogP contribution in [0.15, 0.2) is 16.5 Å². The highest BCUT2D eigenvalue weighted by Gasteiger charge is 2.27. The molecule has 1 aliphatic heterocycles. The van der Waals surface area contributed by atoms with E-state index in [0.717, 1.165) is 41.0 Å². The SMILES string of the molecule is CCSc1nnc(NC(=O)C2CCCN(c3ccc(C)nn3)C2)s1. The fourth-order valence-corrected chi connectivity index (χ4v) is 4.26. The lowest BCUT2D eigenvalue weighted by Gasteiger charge is -2.32. The Balaban J connectivity index is 1.61. The molecule has 1 unspecified atom stereocenters. The van der Waals surface area contributed by atoms with Gasteiger partial charge in [-0.2, -0.15) is 5.10 Å². The number of hydrogen-bond acceptors (Lipinski definition) is 8. The van der Waals surface area contributed by atoms with Crippen molar-refractivity contribution in [3.63, 3.8) is 0 Å². The maximum Gasteiger partial charge on any atom is 0.231 e. The molecule has 24 heavy (non-hydrogen) atoms. The number of thioether (sulfide) groups is 1. The molecule has 128 valence electrons. The van der Waals surface area contributed by atoms with Gasteiger partial charge in [-0.05, 0) is 37.7 Å². The zero-order valence-corrected chi connectivity index (χ0v) is 15.4. The van der Waals surface area contributed by atoms with Gasteiger partial charge in [-0.3, -0.25) is 4.79 Å². The highest BCUT2D eigenvalue weighted by Crippen LogP contribution is 2.27. The molecule has 0 bridgehead atoms. The van der Waals surface area contributed by atoms with Gasteiger partial charge in [0.15, 0.2) is 10.2 Å². The van der Waals surface area contributed by atoms with Gasteiger partial charge in [-0.15, -0.1) is 15.3 Å². The van der Waals surface area contributed by atoms with Crippen LogP contribution in [-0.4, -0.2) is 45.1 Å². The molecule has 9 heteroatoms. The summed E-state index contributed by atoms with van der Waals surface area (Å²) in [4.78, 5) is 14.6. The van der Waals surface area contributed by atoms with Gasteiger partial charge < -0.3 is 10.2 Å². The van der Waals surface area contributed by atoms with E-state index in [1.54, 1.807) is 11.8 Å². The highest BCUT2D eigenvalue weighted by atomic mass is 32.2. The Labute approximate surface area is 149 Å². The van der Waals surface area contributed by atoms with Gasteiger partial charge in [0.25, 0.3) is 0 Å². The first-order valence-corrected chi connectivity index (χ1v) is 9.78. The number of nitrogens with zero attached hydrogens (tertiary/aromatic N) is 5. The number of hydrogen-bond donors (Lipinski definition) is 1. The van der Waals surface area contributed by atoms with Gasteiger partial charge in [0.05, 0.1) is 11.6 Å². The second-order valence-corrected chi connectivity index (χ2v) is 8.10. The zero-order chi connectivity index (χ0) is 16.9. The minimum absolute atomic E-state index is 0.00368. The predicted octanol–water partition coefficient (Wildman–Crippen LogP) is 2.60. The molecule has 1 atom stereocenters. The predicted molar refractivity (Wildman–Crippen MR) is 96.6 cm³/mol. The normalized spacial score (nSPS) is 17.8. The van der Waals surface area contributed by atoms with Crippen LogP contribution in [0.4, 0.5) is 10.9 Å². The summed E-state index contributed by atoms with van der Waals surface area (Å²) in [6.45, 7) is 5.53. The topological polar surface area (TPSA) is 83.9 Å². The van der Waals surface area contributed by atoms with E-state index in [4.69, 9.17) is 0 Å². The molecule has 0 saturated carbocycles. The van der Waals surface area contributed by atoms with Gasteiger partial charge >= 0.3 is 0 Å². The van der Waals surface area contributed by atoms with E-state index in [-0.39, 0.29) is 11.8 Å². The Bertz CT molecular complexity index is 690. The molecule has 1 amide bonds. The molecule has 0 radical (unpaired) electrons. The van der Waals surface area contributed by atoms with Crippen LogP contribution < -0.4 is 10.2 Å². The Kier molecular flexibility index (Phi) is 5.62. The number of carbonyl (C=O) groups excluding carboxylic acids is 1. The van der Waals surface area contributed by atoms with E-state index in [1.165, 1.54) is 11.3 Å². The van der Waals surface area contributed by atoms with Crippen molar-refractivity contribution < 1.29 is 4.79 Å². The molecule has 1 aliphatic rings. The molecule has 3 rings (SSSR count). The Hall–Kier alpha value is -1.74. The highest BCUT2D eigenvalue weighted by molar-refractivity contribution is 8.01. The fraction of sp³-hybridized carbons (Fsp3) is 0.533. The number of aryl methyl sites for hydroxylation is 1. The van der Waals surface area contributed by atoms with Gasteiger partial charge in [-0.25, -0.2) is 0 Å². The minimum Gasteiger partial charge on any atom is -0.354 e. The number of carbonyl (C=O) groups is 1. The summed E-state index contributed by atoms with van der Waals surface area (Å²) in [5.74, 6) is 1.70. The van der Waals surface area contributed by atoms with Crippen LogP contribution in [0.1, 0.15) is 25.5 Å². The van der Waals surface area contributed by atoms with E-state index in [9.17, 15) is 4.79 Å². The maximum absolute atomic E-state index is 12.5. The van der Waals surface area contributed by atoms with Crippen LogP contribution in [-0.2, 0) is 4.79 Å². The van der Waals surface area contributed by atoms with Gasteiger partial charge in [0.1, 0.15) is 0 Å². The van der Waals surface area contributed by atoms with Crippen LogP contribution in [0.25, 0.3) is 0 Å². The van der Waals surface area contributed by atoms with Crippen LogP contribution in [0.2, 0.25) is 0 Å². The zero-order valence-electron chi connectivity index (χ0n) is 13.7. The summed E-state index contributed by atoms with van der Waals surface area (Å²) in [6.07, 6.45) is 1.83. The number of nitrogens with one attached hydrogen (secondary N) is 1. The Morgan fingerprint density at radius 2 is 2.25 bits per heavy atom. The third-order valence-electron chi connectivity index (χ3n) is 3.80.